The second kappa shape index (κ2) is 8.69. The van der Waals surface area contributed by atoms with Crippen molar-refractivity contribution in [3.8, 4) is 5.75 Å². The molecule has 0 spiro atoms. The predicted molar refractivity (Wildman–Crippen MR) is 108 cm³/mol. The van der Waals surface area contributed by atoms with Crippen LogP contribution < -0.4 is 15.4 Å². The highest BCUT2D eigenvalue weighted by molar-refractivity contribution is 6.02. The van der Waals surface area contributed by atoms with Gasteiger partial charge in [-0.3, -0.25) is 14.4 Å². The number of anilines is 2. The zero-order valence-corrected chi connectivity index (χ0v) is 16.1. The molecule has 2 amide bonds. The minimum Gasteiger partial charge on any atom is -0.496 e. The number of hydrogen-bond donors (Lipinski definition) is 2. The molecule has 1 saturated carbocycles. The van der Waals surface area contributed by atoms with Gasteiger partial charge in [0.15, 0.2) is 5.78 Å². The molecule has 0 aromatic heterocycles. The van der Waals surface area contributed by atoms with Crippen molar-refractivity contribution in [2.75, 3.05) is 17.7 Å². The topological polar surface area (TPSA) is 84.5 Å². The second-order valence-electron chi connectivity index (χ2n) is 7.02. The van der Waals surface area contributed by atoms with Crippen molar-refractivity contribution in [1.29, 1.82) is 0 Å². The van der Waals surface area contributed by atoms with Crippen LogP contribution in [0.25, 0.3) is 0 Å². The van der Waals surface area contributed by atoms with Crippen LogP contribution in [-0.4, -0.2) is 24.7 Å². The number of methoxy groups -OCH3 is 1. The van der Waals surface area contributed by atoms with Gasteiger partial charge < -0.3 is 15.4 Å². The van der Waals surface area contributed by atoms with E-state index in [1.807, 2.05) is 13.0 Å². The Balaban J connectivity index is 1.50. The number of benzene rings is 2. The first-order valence-corrected chi connectivity index (χ1v) is 9.35. The van der Waals surface area contributed by atoms with Crippen LogP contribution >= 0.6 is 0 Å². The molecule has 0 aliphatic heterocycles. The van der Waals surface area contributed by atoms with Gasteiger partial charge in [0.05, 0.1) is 12.7 Å². The van der Waals surface area contributed by atoms with Crippen molar-refractivity contribution >= 4 is 29.0 Å². The van der Waals surface area contributed by atoms with Gasteiger partial charge in [0, 0.05) is 30.1 Å². The summed E-state index contributed by atoms with van der Waals surface area (Å²) in [5.41, 5.74) is 2.78. The molecule has 6 nitrogen and oxygen atoms in total. The molecule has 3 rings (SSSR count). The zero-order chi connectivity index (χ0) is 20.1. The van der Waals surface area contributed by atoms with Crippen LogP contribution in [0.15, 0.2) is 42.5 Å². The van der Waals surface area contributed by atoms with E-state index < -0.39 is 0 Å². The van der Waals surface area contributed by atoms with Crippen molar-refractivity contribution in [3.05, 3.63) is 53.6 Å². The molecule has 0 atom stereocenters. The number of amides is 2. The van der Waals surface area contributed by atoms with Crippen LogP contribution in [-0.2, 0) is 9.59 Å². The van der Waals surface area contributed by atoms with E-state index in [4.69, 9.17) is 4.74 Å². The maximum absolute atomic E-state index is 12.4. The van der Waals surface area contributed by atoms with Gasteiger partial charge in [0.25, 0.3) is 0 Å². The van der Waals surface area contributed by atoms with Gasteiger partial charge in [0.2, 0.25) is 11.8 Å². The van der Waals surface area contributed by atoms with E-state index in [-0.39, 0.29) is 36.4 Å². The molecule has 0 saturated heterocycles. The quantitative estimate of drug-likeness (QED) is 0.679. The van der Waals surface area contributed by atoms with E-state index in [2.05, 4.69) is 10.6 Å². The highest BCUT2D eigenvalue weighted by atomic mass is 16.5. The number of carbonyl (C=O) groups excluding carboxylic acids is 3. The second-order valence-corrected chi connectivity index (χ2v) is 7.02. The molecule has 6 heteroatoms. The predicted octanol–water partition coefficient (Wildman–Crippen LogP) is 3.95. The number of aryl methyl sites for hydroxylation is 1. The Kier molecular flexibility index (Phi) is 6.09. The number of ether oxygens (including phenoxy) is 1. The van der Waals surface area contributed by atoms with Gasteiger partial charge in [-0.05, 0) is 56.2 Å². The van der Waals surface area contributed by atoms with Crippen LogP contribution in [0.4, 0.5) is 11.4 Å². The molecule has 2 aromatic carbocycles. The van der Waals surface area contributed by atoms with Crippen molar-refractivity contribution in [2.45, 2.75) is 32.6 Å². The maximum Gasteiger partial charge on any atom is 0.227 e. The van der Waals surface area contributed by atoms with Gasteiger partial charge in [-0.2, -0.15) is 0 Å². The smallest absolute Gasteiger partial charge is 0.227 e. The van der Waals surface area contributed by atoms with E-state index in [9.17, 15) is 14.4 Å². The number of Topliss-reactive ketones (excluding diaryl/α,β-unsaturated/α-hetero) is 1. The van der Waals surface area contributed by atoms with Gasteiger partial charge >= 0.3 is 0 Å². The molecule has 0 heterocycles. The van der Waals surface area contributed by atoms with E-state index in [1.54, 1.807) is 36.4 Å². The molecule has 1 aliphatic carbocycles. The fourth-order valence-electron chi connectivity index (χ4n) is 2.85. The van der Waals surface area contributed by atoms with Gasteiger partial charge in [-0.1, -0.05) is 11.6 Å². The highest BCUT2D eigenvalue weighted by Gasteiger charge is 2.29. The van der Waals surface area contributed by atoms with Crippen LogP contribution in [0.1, 0.15) is 41.6 Å². The molecule has 2 aromatic rings. The third-order valence-corrected chi connectivity index (χ3v) is 4.62. The minimum atomic E-state index is -0.241. The average Bonchev–Trinajstić information content (AvgIpc) is 3.53. The summed E-state index contributed by atoms with van der Waals surface area (Å²) >= 11 is 0. The number of carbonyl (C=O) groups is 3. The Morgan fingerprint density at radius 1 is 0.964 bits per heavy atom. The summed E-state index contributed by atoms with van der Waals surface area (Å²) in [7, 11) is 1.52. The largest absolute Gasteiger partial charge is 0.496 e. The third kappa shape index (κ3) is 5.19. The Morgan fingerprint density at radius 3 is 2.21 bits per heavy atom. The number of ketones is 1. The van der Waals surface area contributed by atoms with Gasteiger partial charge in [-0.15, -0.1) is 0 Å². The fourth-order valence-corrected chi connectivity index (χ4v) is 2.85. The summed E-state index contributed by atoms with van der Waals surface area (Å²) in [4.78, 5) is 36.4. The lowest BCUT2D eigenvalue weighted by Gasteiger charge is -2.09. The molecular weight excluding hydrogens is 356 g/mol. The Morgan fingerprint density at radius 2 is 1.61 bits per heavy atom. The summed E-state index contributed by atoms with van der Waals surface area (Å²) < 4.78 is 5.23. The first-order chi connectivity index (χ1) is 13.5. The Bertz CT molecular complexity index is 886. The van der Waals surface area contributed by atoms with E-state index in [0.29, 0.717) is 22.7 Å². The number of nitrogens with one attached hydrogen (secondary N) is 2. The standard InChI is InChI=1S/C22H24N2O4/c1-14-3-11-20(28-2)18(13-14)19(25)10-12-21(26)23-16-6-8-17(9-7-16)24-22(27)15-4-5-15/h3,6-9,11,13,15H,4-5,10,12H2,1-2H3,(H,23,26)(H,24,27). The summed E-state index contributed by atoms with van der Waals surface area (Å²) in [5, 5.41) is 5.62. The lowest BCUT2D eigenvalue weighted by atomic mass is 10.0. The van der Waals surface area contributed by atoms with Crippen LogP contribution in [0.5, 0.6) is 5.75 Å². The van der Waals surface area contributed by atoms with Gasteiger partial charge in [-0.25, -0.2) is 0 Å². The minimum absolute atomic E-state index is 0.0434. The maximum atomic E-state index is 12.4. The molecule has 146 valence electrons. The normalized spacial score (nSPS) is 12.9. The van der Waals surface area contributed by atoms with Crippen molar-refractivity contribution in [3.63, 3.8) is 0 Å². The van der Waals surface area contributed by atoms with Crippen LogP contribution in [0, 0.1) is 12.8 Å². The lowest BCUT2D eigenvalue weighted by molar-refractivity contribution is -0.117. The number of rotatable bonds is 8. The van der Waals surface area contributed by atoms with E-state index in [1.165, 1.54) is 7.11 Å². The highest BCUT2D eigenvalue weighted by Crippen LogP contribution is 2.30. The molecule has 1 aliphatic rings. The molecule has 1 fully saturated rings. The monoisotopic (exact) mass is 380 g/mol. The lowest BCUT2D eigenvalue weighted by Crippen LogP contribution is -2.15. The summed E-state index contributed by atoms with van der Waals surface area (Å²) in [6, 6.07) is 12.4. The zero-order valence-electron chi connectivity index (χ0n) is 16.1. The molecule has 28 heavy (non-hydrogen) atoms. The Hall–Kier alpha value is -3.15. The van der Waals surface area contributed by atoms with Crippen molar-refractivity contribution in [1.82, 2.24) is 0 Å². The molecular formula is C22H24N2O4. The molecule has 2 N–H and O–H groups in total. The van der Waals surface area contributed by atoms with Crippen LogP contribution in [0.3, 0.4) is 0 Å². The molecule has 0 radical (unpaired) electrons. The SMILES string of the molecule is COc1ccc(C)cc1C(=O)CCC(=O)Nc1ccc(NC(=O)C2CC2)cc1. The first kappa shape index (κ1) is 19.6. The summed E-state index contributed by atoms with van der Waals surface area (Å²) in [5.74, 6) is 0.328. The molecule has 0 bridgehead atoms. The fraction of sp³-hybridized carbons (Fsp3) is 0.318. The Labute approximate surface area is 164 Å². The van der Waals surface area contributed by atoms with Crippen molar-refractivity contribution < 1.29 is 19.1 Å². The average molecular weight is 380 g/mol. The van der Waals surface area contributed by atoms with E-state index >= 15 is 0 Å². The third-order valence-electron chi connectivity index (χ3n) is 4.62. The molecule has 0 unspecified atom stereocenters. The van der Waals surface area contributed by atoms with Gasteiger partial charge in [0.1, 0.15) is 5.75 Å². The first-order valence-electron chi connectivity index (χ1n) is 9.35. The summed E-state index contributed by atoms with van der Waals surface area (Å²) in [6.45, 7) is 1.90. The van der Waals surface area contributed by atoms with Crippen LogP contribution in [0.2, 0.25) is 0 Å². The summed E-state index contributed by atoms with van der Waals surface area (Å²) in [6.07, 6.45) is 2.08. The number of hydrogen-bond acceptors (Lipinski definition) is 4. The van der Waals surface area contributed by atoms with Crippen molar-refractivity contribution in [2.24, 2.45) is 5.92 Å². The van der Waals surface area contributed by atoms with E-state index in [0.717, 1.165) is 18.4 Å².